The van der Waals surface area contributed by atoms with Crippen LogP contribution in [-0.4, -0.2) is 29.6 Å². The molecule has 0 radical (unpaired) electrons. The Balaban J connectivity index is 0.000000490. The van der Waals surface area contributed by atoms with Crippen LogP contribution in [0.4, 0.5) is 0 Å². The van der Waals surface area contributed by atoms with E-state index in [0.717, 1.165) is 6.42 Å². The molecule has 0 unspecified atom stereocenters. The fraction of sp³-hybridized carbons (Fsp3) is 0.143. The average Bonchev–Trinajstić information content (AvgIpc) is 1.90. The maximum atomic E-state index is 2.12. The minimum absolute atomic E-state index is 0. The molecule has 0 N–H and O–H groups in total. The monoisotopic (exact) mass is 116 g/mol. The van der Waals surface area contributed by atoms with E-state index in [1.807, 2.05) is 12.2 Å². The van der Waals surface area contributed by atoms with E-state index in [9.17, 15) is 0 Å². The molecule has 8 heavy (non-hydrogen) atoms. The van der Waals surface area contributed by atoms with Gasteiger partial charge in [-0.3, -0.25) is 0 Å². The Morgan fingerprint density at radius 2 is 1.25 bits per heavy atom. The van der Waals surface area contributed by atoms with Crippen LogP contribution in [0.3, 0.4) is 0 Å². The first-order chi connectivity index (χ1) is 3.50. The third kappa shape index (κ3) is 3.25. The molecule has 0 atom stereocenters. The summed E-state index contributed by atoms with van der Waals surface area (Å²) >= 11 is 0. The molecule has 0 saturated carbocycles. The molecule has 1 aliphatic carbocycles. The molecule has 1 heteroatoms. The van der Waals surface area contributed by atoms with Gasteiger partial charge in [-0.05, 0) is 6.42 Å². The van der Waals surface area contributed by atoms with Gasteiger partial charge in [0.05, 0.1) is 0 Å². The molecule has 0 amide bonds. The summed E-state index contributed by atoms with van der Waals surface area (Å²) in [6, 6.07) is 0. The van der Waals surface area contributed by atoms with E-state index >= 15 is 0 Å². The van der Waals surface area contributed by atoms with Gasteiger partial charge in [0.2, 0.25) is 0 Å². The third-order valence-corrected chi connectivity index (χ3v) is 0.878. The van der Waals surface area contributed by atoms with Crippen LogP contribution < -0.4 is 0 Å². The first-order valence-corrected chi connectivity index (χ1v) is 2.48. The summed E-state index contributed by atoms with van der Waals surface area (Å²) in [7, 11) is 0. The van der Waals surface area contributed by atoms with E-state index < -0.39 is 0 Å². The van der Waals surface area contributed by atoms with Gasteiger partial charge in [0.1, 0.15) is 0 Å². The number of hydrogen-bond acceptors (Lipinski definition) is 0. The molecule has 1 rings (SSSR count). The molecule has 0 aromatic carbocycles. The SMILES string of the molecule is C1=CC=CCC=C1.[NaH]. The molecule has 0 heterocycles. The number of allylic oxidation sites excluding steroid dienone is 6. The van der Waals surface area contributed by atoms with Gasteiger partial charge in [0.15, 0.2) is 0 Å². The standard InChI is InChI=1S/C7H8.Na.H/c1-2-4-6-7-5-3-1;;/h1-6H,7H2;;. The van der Waals surface area contributed by atoms with Crippen LogP contribution in [0.2, 0.25) is 0 Å². The van der Waals surface area contributed by atoms with Gasteiger partial charge in [-0.15, -0.1) is 0 Å². The molecular weight excluding hydrogens is 107 g/mol. The van der Waals surface area contributed by atoms with Gasteiger partial charge in [-0.1, -0.05) is 36.5 Å². The molecule has 0 saturated heterocycles. The minimum atomic E-state index is 0. The summed E-state index contributed by atoms with van der Waals surface area (Å²) in [6.45, 7) is 0. The van der Waals surface area contributed by atoms with Crippen molar-refractivity contribution in [3.8, 4) is 0 Å². The Bertz CT molecular complexity index is 106. The van der Waals surface area contributed by atoms with Gasteiger partial charge in [-0.2, -0.15) is 0 Å². The topological polar surface area (TPSA) is 0 Å². The molecule has 1 aliphatic rings. The fourth-order valence-electron chi connectivity index (χ4n) is 0.521. The predicted molar refractivity (Wildman–Crippen MR) is 39.2 cm³/mol. The average molecular weight is 116 g/mol. The summed E-state index contributed by atoms with van der Waals surface area (Å²) in [5.74, 6) is 0. The van der Waals surface area contributed by atoms with Crippen molar-refractivity contribution in [1.82, 2.24) is 0 Å². The normalized spacial score (nSPS) is 15.0. The molecule has 0 bridgehead atoms. The Hall–Kier alpha value is 0.220. The molecular formula is C7H9Na. The van der Waals surface area contributed by atoms with E-state index in [-0.39, 0.29) is 29.6 Å². The van der Waals surface area contributed by atoms with Crippen LogP contribution in [-0.2, 0) is 0 Å². The van der Waals surface area contributed by atoms with Crippen LogP contribution >= 0.6 is 0 Å². The van der Waals surface area contributed by atoms with Crippen molar-refractivity contribution in [3.63, 3.8) is 0 Å². The van der Waals surface area contributed by atoms with Gasteiger partial charge >= 0.3 is 29.6 Å². The fourth-order valence-corrected chi connectivity index (χ4v) is 0.521. The van der Waals surface area contributed by atoms with E-state index in [1.165, 1.54) is 0 Å². The first-order valence-electron chi connectivity index (χ1n) is 2.48. The van der Waals surface area contributed by atoms with Crippen molar-refractivity contribution in [2.75, 3.05) is 0 Å². The molecule has 0 nitrogen and oxygen atoms in total. The zero-order valence-electron chi connectivity index (χ0n) is 4.17. The summed E-state index contributed by atoms with van der Waals surface area (Å²) < 4.78 is 0. The summed E-state index contributed by atoms with van der Waals surface area (Å²) in [5, 5.41) is 0. The number of hydrogen-bond donors (Lipinski definition) is 0. The Morgan fingerprint density at radius 1 is 0.750 bits per heavy atom. The van der Waals surface area contributed by atoms with Gasteiger partial charge in [-0.25, -0.2) is 0 Å². The second-order valence-electron chi connectivity index (χ2n) is 1.48. The zero-order chi connectivity index (χ0) is 4.95. The molecule has 38 valence electrons. The van der Waals surface area contributed by atoms with Crippen LogP contribution in [0.1, 0.15) is 6.42 Å². The van der Waals surface area contributed by atoms with Crippen molar-refractivity contribution in [2.24, 2.45) is 0 Å². The molecule has 0 aromatic heterocycles. The van der Waals surface area contributed by atoms with E-state index in [0.29, 0.717) is 0 Å². The molecule has 0 aromatic rings. The Labute approximate surface area is 72.3 Å². The predicted octanol–water partition coefficient (Wildman–Crippen LogP) is 1.41. The second-order valence-corrected chi connectivity index (χ2v) is 1.48. The number of rotatable bonds is 0. The zero-order valence-corrected chi connectivity index (χ0v) is 4.17. The second kappa shape index (κ2) is 5.36. The quantitative estimate of drug-likeness (QED) is 0.420. The van der Waals surface area contributed by atoms with Crippen LogP contribution in [0.15, 0.2) is 36.5 Å². The van der Waals surface area contributed by atoms with E-state index in [2.05, 4.69) is 24.3 Å². The van der Waals surface area contributed by atoms with Crippen molar-refractivity contribution < 1.29 is 0 Å². The summed E-state index contributed by atoms with van der Waals surface area (Å²) in [4.78, 5) is 0. The van der Waals surface area contributed by atoms with Gasteiger partial charge < -0.3 is 0 Å². The Kier molecular flexibility index (Phi) is 5.51. The first kappa shape index (κ1) is 8.22. The molecule has 0 spiro atoms. The van der Waals surface area contributed by atoms with Crippen molar-refractivity contribution in [1.29, 1.82) is 0 Å². The third-order valence-electron chi connectivity index (χ3n) is 0.878. The van der Waals surface area contributed by atoms with Crippen molar-refractivity contribution in [3.05, 3.63) is 36.5 Å². The van der Waals surface area contributed by atoms with Crippen LogP contribution in [0, 0.1) is 0 Å². The Morgan fingerprint density at radius 3 is 1.75 bits per heavy atom. The summed E-state index contributed by atoms with van der Waals surface area (Å²) in [5.41, 5.74) is 0. The summed E-state index contributed by atoms with van der Waals surface area (Å²) in [6.07, 6.45) is 13.5. The molecule has 0 fully saturated rings. The van der Waals surface area contributed by atoms with E-state index in [1.54, 1.807) is 0 Å². The molecule has 0 aliphatic heterocycles. The van der Waals surface area contributed by atoms with Crippen LogP contribution in [0.5, 0.6) is 0 Å². The van der Waals surface area contributed by atoms with Gasteiger partial charge in [0, 0.05) is 0 Å². The van der Waals surface area contributed by atoms with Gasteiger partial charge in [0.25, 0.3) is 0 Å². The van der Waals surface area contributed by atoms with E-state index in [4.69, 9.17) is 0 Å². The van der Waals surface area contributed by atoms with Crippen LogP contribution in [0.25, 0.3) is 0 Å². The maximum absolute atomic E-state index is 2.12. The van der Waals surface area contributed by atoms with Crippen molar-refractivity contribution in [2.45, 2.75) is 6.42 Å². The van der Waals surface area contributed by atoms with Crippen molar-refractivity contribution >= 4 is 29.6 Å².